The fraction of sp³-hybridized carbons (Fsp3) is 0.350. The van der Waals surface area contributed by atoms with Crippen LogP contribution in [0.4, 0.5) is 5.82 Å². The van der Waals surface area contributed by atoms with Gasteiger partial charge in [-0.3, -0.25) is 4.90 Å². The monoisotopic (exact) mass is 351 g/mol. The number of aromatic nitrogens is 3. The summed E-state index contributed by atoms with van der Waals surface area (Å²) in [4.78, 5) is 7.19. The molecule has 0 spiro atoms. The molecule has 2 aromatic heterocycles. The molecule has 0 saturated carbocycles. The van der Waals surface area contributed by atoms with E-state index in [0.29, 0.717) is 5.89 Å². The van der Waals surface area contributed by atoms with Gasteiger partial charge >= 0.3 is 0 Å². The van der Waals surface area contributed by atoms with E-state index in [0.717, 1.165) is 37.6 Å². The number of aromatic amines is 1. The van der Waals surface area contributed by atoms with Crippen LogP contribution in [-0.4, -0.2) is 36.4 Å². The van der Waals surface area contributed by atoms with Crippen LogP contribution in [-0.2, 0) is 0 Å². The minimum atomic E-state index is 0.197. The van der Waals surface area contributed by atoms with Crippen LogP contribution in [0.2, 0.25) is 0 Å². The Kier molecular flexibility index (Phi) is 4.67. The molecule has 134 valence electrons. The molecule has 1 atom stereocenters. The average Bonchev–Trinajstić information content (AvgIpc) is 3.18. The van der Waals surface area contributed by atoms with Gasteiger partial charge in [0, 0.05) is 11.6 Å². The Morgan fingerprint density at radius 1 is 1.12 bits per heavy atom. The molecule has 6 nitrogen and oxygen atoms in total. The first-order chi connectivity index (χ1) is 12.7. The van der Waals surface area contributed by atoms with Crippen molar-refractivity contribution in [2.24, 2.45) is 0 Å². The van der Waals surface area contributed by atoms with Gasteiger partial charge in [-0.2, -0.15) is 0 Å². The van der Waals surface area contributed by atoms with E-state index in [-0.39, 0.29) is 6.04 Å². The zero-order chi connectivity index (χ0) is 17.9. The summed E-state index contributed by atoms with van der Waals surface area (Å²) in [6, 6.07) is 14.6. The van der Waals surface area contributed by atoms with Gasteiger partial charge < -0.3 is 9.32 Å². The van der Waals surface area contributed by atoms with Gasteiger partial charge in [0.25, 0.3) is 11.7 Å². The van der Waals surface area contributed by atoms with Gasteiger partial charge in [-0.25, -0.2) is 4.98 Å². The molecular formula is C20H25N5O+2. The Hall–Kier alpha value is -2.73. The van der Waals surface area contributed by atoms with Crippen LogP contribution in [0.25, 0.3) is 11.5 Å². The highest BCUT2D eigenvalue weighted by molar-refractivity contribution is 5.53. The van der Waals surface area contributed by atoms with Crippen molar-refractivity contribution in [3.63, 3.8) is 0 Å². The zero-order valence-corrected chi connectivity index (χ0v) is 15.3. The topological polar surface area (TPSA) is 60.7 Å². The lowest BCUT2D eigenvalue weighted by Crippen LogP contribution is -3.14. The van der Waals surface area contributed by atoms with Gasteiger partial charge in [0.2, 0.25) is 5.89 Å². The minimum Gasteiger partial charge on any atom is -0.415 e. The SMILES string of the molecule is Cc1cccc(-c2nnc([C@H](C)[NH+]3CCN(c4cccc[nH+]4)CC3)o2)c1. The second kappa shape index (κ2) is 7.25. The highest BCUT2D eigenvalue weighted by Crippen LogP contribution is 2.20. The molecule has 0 unspecified atom stereocenters. The van der Waals surface area contributed by atoms with Crippen molar-refractivity contribution in [1.82, 2.24) is 10.2 Å². The molecule has 1 aliphatic rings. The van der Waals surface area contributed by atoms with Crippen molar-refractivity contribution in [3.8, 4) is 11.5 Å². The predicted molar refractivity (Wildman–Crippen MR) is 98.8 cm³/mol. The number of hydrogen-bond donors (Lipinski definition) is 1. The van der Waals surface area contributed by atoms with Crippen LogP contribution in [0, 0.1) is 6.92 Å². The van der Waals surface area contributed by atoms with Crippen LogP contribution in [0.1, 0.15) is 24.4 Å². The summed E-state index contributed by atoms with van der Waals surface area (Å²) in [7, 11) is 0. The highest BCUT2D eigenvalue weighted by atomic mass is 16.4. The Morgan fingerprint density at radius 3 is 2.69 bits per heavy atom. The lowest BCUT2D eigenvalue weighted by Gasteiger charge is -2.30. The molecule has 0 amide bonds. The quantitative estimate of drug-likeness (QED) is 0.770. The number of H-pyrrole nitrogens is 1. The second-order valence-corrected chi connectivity index (χ2v) is 6.93. The standard InChI is InChI=1S/C20H23N5O/c1-15-6-5-7-17(14-15)20-23-22-19(26-20)16(2)24-10-12-25(13-11-24)18-8-3-4-9-21-18/h3-9,14,16H,10-13H2,1-2H3/p+2/t16-/m0/s1. The number of hydrogen-bond acceptors (Lipinski definition) is 4. The van der Waals surface area contributed by atoms with Gasteiger partial charge in [-0.05, 0) is 32.0 Å². The highest BCUT2D eigenvalue weighted by Gasteiger charge is 2.32. The molecule has 6 heteroatoms. The number of anilines is 1. The maximum atomic E-state index is 5.99. The van der Waals surface area contributed by atoms with E-state index < -0.39 is 0 Å². The third kappa shape index (κ3) is 3.46. The lowest BCUT2D eigenvalue weighted by molar-refractivity contribution is -0.931. The average molecular weight is 351 g/mol. The molecule has 1 fully saturated rings. The fourth-order valence-corrected chi connectivity index (χ4v) is 3.53. The van der Waals surface area contributed by atoms with Crippen LogP contribution in [0.15, 0.2) is 53.1 Å². The van der Waals surface area contributed by atoms with E-state index in [4.69, 9.17) is 4.42 Å². The molecule has 3 heterocycles. The van der Waals surface area contributed by atoms with Gasteiger partial charge in [-0.1, -0.05) is 23.8 Å². The third-order valence-corrected chi connectivity index (χ3v) is 5.13. The summed E-state index contributed by atoms with van der Waals surface area (Å²) in [6.45, 7) is 8.36. The molecule has 1 aliphatic heterocycles. The van der Waals surface area contributed by atoms with Gasteiger partial charge in [0.05, 0.1) is 6.20 Å². The maximum absolute atomic E-state index is 5.99. The van der Waals surface area contributed by atoms with Crippen LogP contribution in [0.5, 0.6) is 0 Å². The van der Waals surface area contributed by atoms with Crippen LogP contribution in [0.3, 0.4) is 0 Å². The van der Waals surface area contributed by atoms with Crippen LogP contribution < -0.4 is 14.8 Å². The van der Waals surface area contributed by atoms with Crippen molar-refractivity contribution in [1.29, 1.82) is 0 Å². The first kappa shape index (κ1) is 16.7. The predicted octanol–water partition coefficient (Wildman–Crippen LogP) is 1.33. The zero-order valence-electron chi connectivity index (χ0n) is 15.3. The molecule has 0 aliphatic carbocycles. The van der Waals surface area contributed by atoms with Crippen molar-refractivity contribution in [2.75, 3.05) is 31.1 Å². The summed E-state index contributed by atoms with van der Waals surface area (Å²) >= 11 is 0. The second-order valence-electron chi connectivity index (χ2n) is 6.93. The number of benzene rings is 1. The molecule has 1 saturated heterocycles. The first-order valence-corrected chi connectivity index (χ1v) is 9.17. The Morgan fingerprint density at radius 2 is 1.96 bits per heavy atom. The smallest absolute Gasteiger partial charge is 0.274 e. The largest absolute Gasteiger partial charge is 0.415 e. The van der Waals surface area contributed by atoms with Crippen molar-refractivity contribution in [3.05, 3.63) is 60.1 Å². The van der Waals surface area contributed by atoms with E-state index >= 15 is 0 Å². The maximum Gasteiger partial charge on any atom is 0.274 e. The Balaban J connectivity index is 1.42. The number of rotatable bonds is 4. The molecule has 0 bridgehead atoms. The summed E-state index contributed by atoms with van der Waals surface area (Å²) in [5.41, 5.74) is 2.17. The molecule has 1 aromatic carbocycles. The number of piperazine rings is 1. The summed E-state index contributed by atoms with van der Waals surface area (Å²) < 4.78 is 5.99. The van der Waals surface area contributed by atoms with E-state index in [9.17, 15) is 0 Å². The first-order valence-electron chi connectivity index (χ1n) is 9.17. The minimum absolute atomic E-state index is 0.197. The molecule has 0 radical (unpaired) electrons. The number of nitrogens with zero attached hydrogens (tertiary/aromatic N) is 3. The van der Waals surface area contributed by atoms with Gasteiger partial charge in [0.15, 0.2) is 6.04 Å². The molecule has 4 rings (SSSR count). The fourth-order valence-electron chi connectivity index (χ4n) is 3.53. The Bertz CT molecular complexity index is 855. The van der Waals surface area contributed by atoms with Gasteiger partial charge in [0.1, 0.15) is 26.2 Å². The number of nitrogens with one attached hydrogen (secondary N) is 2. The summed E-state index contributed by atoms with van der Waals surface area (Å²) in [6.07, 6.45) is 1.97. The number of pyridine rings is 1. The molecular weight excluding hydrogens is 326 g/mol. The summed E-state index contributed by atoms with van der Waals surface area (Å²) in [5.74, 6) is 2.50. The lowest BCUT2D eigenvalue weighted by atomic mass is 10.1. The molecule has 3 aromatic rings. The molecule has 26 heavy (non-hydrogen) atoms. The van der Waals surface area contributed by atoms with Crippen molar-refractivity contribution in [2.45, 2.75) is 19.9 Å². The van der Waals surface area contributed by atoms with Crippen LogP contribution >= 0.6 is 0 Å². The van der Waals surface area contributed by atoms with E-state index in [1.54, 1.807) is 0 Å². The number of aryl methyl sites for hydroxylation is 1. The van der Waals surface area contributed by atoms with E-state index in [2.05, 4.69) is 58.2 Å². The summed E-state index contributed by atoms with van der Waals surface area (Å²) in [5, 5.41) is 8.58. The Labute approximate surface area is 153 Å². The number of quaternary nitrogens is 1. The normalized spacial score (nSPS) is 16.6. The molecule has 2 N–H and O–H groups in total. The van der Waals surface area contributed by atoms with Crippen molar-refractivity contribution < 1.29 is 14.3 Å². The van der Waals surface area contributed by atoms with Crippen molar-refractivity contribution >= 4 is 5.82 Å². The van der Waals surface area contributed by atoms with E-state index in [1.807, 2.05) is 24.4 Å². The van der Waals surface area contributed by atoms with Gasteiger partial charge in [-0.15, -0.1) is 10.2 Å². The third-order valence-electron chi connectivity index (χ3n) is 5.13. The van der Waals surface area contributed by atoms with E-state index in [1.165, 1.54) is 16.3 Å².